The van der Waals surface area contributed by atoms with Gasteiger partial charge in [-0.25, -0.2) is 9.78 Å². The van der Waals surface area contributed by atoms with Crippen LogP contribution in [0.5, 0.6) is 17.4 Å². The number of nitrogens with zero attached hydrogens (tertiary/aromatic N) is 2. The summed E-state index contributed by atoms with van der Waals surface area (Å²) in [5, 5.41) is 10.6. The van der Waals surface area contributed by atoms with E-state index in [4.69, 9.17) is 14.2 Å². The molecule has 0 atom stereocenters. The summed E-state index contributed by atoms with van der Waals surface area (Å²) in [6, 6.07) is 14.9. The van der Waals surface area contributed by atoms with Gasteiger partial charge in [-0.1, -0.05) is 46.3 Å². The summed E-state index contributed by atoms with van der Waals surface area (Å²) in [4.78, 5) is 21.4. The highest BCUT2D eigenvalue weighted by molar-refractivity contribution is 9.10. The number of carbonyl (C=O) groups excluding carboxylic acids is 1. The average molecular weight is 501 g/mol. The first-order valence-corrected chi connectivity index (χ1v) is 10.8. The summed E-state index contributed by atoms with van der Waals surface area (Å²) in [6.45, 7) is 5.40. The molecule has 3 rings (SSSR count). The number of carbonyl (C=O) groups is 1. The molecular weight excluding hydrogens is 476 g/mol. The molecule has 0 fully saturated rings. The van der Waals surface area contributed by atoms with Gasteiger partial charge in [-0.3, -0.25) is 0 Å². The van der Waals surface area contributed by atoms with Gasteiger partial charge in [0.2, 0.25) is 5.75 Å². The zero-order chi connectivity index (χ0) is 23.3. The van der Waals surface area contributed by atoms with Crippen molar-refractivity contribution in [3.63, 3.8) is 0 Å². The predicted octanol–water partition coefficient (Wildman–Crippen LogP) is 5.08. The van der Waals surface area contributed by atoms with E-state index >= 15 is 0 Å². The Morgan fingerprint density at radius 1 is 1.09 bits per heavy atom. The normalized spacial score (nSPS) is 11.2. The molecule has 0 unspecified atom stereocenters. The molecule has 1 aromatic heterocycles. The number of aromatic nitrogens is 2. The quantitative estimate of drug-likeness (QED) is 0.452. The number of ether oxygens (including phenoxy) is 3. The number of esters is 1. The second kappa shape index (κ2) is 9.99. The number of aromatic hydroxyl groups is 1. The maximum Gasteiger partial charge on any atom is 0.361 e. The maximum absolute atomic E-state index is 12.9. The predicted molar refractivity (Wildman–Crippen MR) is 123 cm³/mol. The first-order chi connectivity index (χ1) is 15.2. The van der Waals surface area contributed by atoms with E-state index in [9.17, 15) is 9.90 Å². The van der Waals surface area contributed by atoms with Gasteiger partial charge in [0.15, 0.2) is 5.69 Å². The van der Waals surface area contributed by atoms with Crippen LogP contribution in [-0.4, -0.2) is 33.8 Å². The molecule has 8 heteroatoms. The Balaban J connectivity index is 1.97. The van der Waals surface area contributed by atoms with Crippen molar-refractivity contribution in [1.29, 1.82) is 0 Å². The van der Waals surface area contributed by atoms with Crippen LogP contribution in [0.3, 0.4) is 0 Å². The minimum atomic E-state index is -0.746. The second-order valence-electron chi connectivity index (χ2n) is 8.05. The first-order valence-electron chi connectivity index (χ1n) is 9.98. The highest BCUT2D eigenvalue weighted by Gasteiger charge is 2.27. The van der Waals surface area contributed by atoms with Gasteiger partial charge in [0.05, 0.1) is 7.11 Å². The molecule has 7 nitrogen and oxygen atoms in total. The smallest absolute Gasteiger partial charge is 0.361 e. The summed E-state index contributed by atoms with van der Waals surface area (Å²) >= 11 is 3.50. The molecule has 2 aromatic carbocycles. The van der Waals surface area contributed by atoms with Crippen molar-refractivity contribution >= 4 is 21.9 Å². The highest BCUT2D eigenvalue weighted by Crippen LogP contribution is 2.31. The molecule has 0 aliphatic heterocycles. The first kappa shape index (κ1) is 23.5. The molecule has 0 bridgehead atoms. The molecule has 0 amide bonds. The molecule has 0 spiro atoms. The van der Waals surface area contributed by atoms with Crippen LogP contribution in [0.25, 0.3) is 0 Å². The molecule has 0 saturated heterocycles. The number of hydrogen-bond acceptors (Lipinski definition) is 7. The van der Waals surface area contributed by atoms with Crippen molar-refractivity contribution in [3.8, 4) is 17.4 Å². The summed E-state index contributed by atoms with van der Waals surface area (Å²) in [5.41, 5.74) is 0.824. The van der Waals surface area contributed by atoms with Crippen LogP contribution >= 0.6 is 15.9 Å². The number of rotatable bonds is 7. The van der Waals surface area contributed by atoms with Crippen LogP contribution in [0.2, 0.25) is 0 Å². The Kier molecular flexibility index (Phi) is 7.35. The third-order valence-corrected chi connectivity index (χ3v) is 5.09. The fourth-order valence-corrected chi connectivity index (χ4v) is 3.26. The summed E-state index contributed by atoms with van der Waals surface area (Å²) in [7, 11) is 1.58. The largest absolute Gasteiger partial charge is 0.497 e. The zero-order valence-electron chi connectivity index (χ0n) is 18.4. The Labute approximate surface area is 195 Å². The lowest BCUT2D eigenvalue weighted by Gasteiger charge is -2.20. The molecule has 1 heterocycles. The number of halogens is 1. The molecule has 0 aliphatic carbocycles. The fourth-order valence-electron chi connectivity index (χ4n) is 2.87. The van der Waals surface area contributed by atoms with Gasteiger partial charge in [-0.05, 0) is 50.1 Å². The highest BCUT2D eigenvalue weighted by atomic mass is 79.9. The number of methoxy groups -OCH3 is 1. The topological polar surface area (TPSA) is 90.8 Å². The minimum Gasteiger partial charge on any atom is -0.497 e. The molecule has 0 aliphatic rings. The van der Waals surface area contributed by atoms with Crippen molar-refractivity contribution in [3.05, 3.63) is 75.6 Å². The van der Waals surface area contributed by atoms with Crippen molar-refractivity contribution < 1.29 is 24.1 Å². The third-order valence-electron chi connectivity index (χ3n) is 4.31. The van der Waals surface area contributed by atoms with Gasteiger partial charge in [0.1, 0.15) is 23.8 Å². The Hall–Kier alpha value is -3.13. The zero-order valence-corrected chi connectivity index (χ0v) is 20.0. The maximum atomic E-state index is 12.9. The number of benzene rings is 2. The molecule has 32 heavy (non-hydrogen) atoms. The number of hydrogen-bond donors (Lipinski definition) is 1. The van der Waals surface area contributed by atoms with Crippen molar-refractivity contribution in [2.45, 2.75) is 39.4 Å². The van der Waals surface area contributed by atoms with Crippen molar-refractivity contribution in [2.75, 3.05) is 7.11 Å². The van der Waals surface area contributed by atoms with E-state index in [0.29, 0.717) is 5.75 Å². The average Bonchev–Trinajstić information content (AvgIpc) is 2.73. The SMILES string of the molecule is COc1ccc(Br)c(Cc2nc(O)c(OCc3ccccc3)c(C(=O)OC(C)(C)C)n2)c1. The van der Waals surface area contributed by atoms with Crippen LogP contribution < -0.4 is 9.47 Å². The van der Waals surface area contributed by atoms with Crippen LogP contribution in [0, 0.1) is 0 Å². The standard InChI is InChI=1S/C24H25BrN2O5/c1-24(2,3)32-23(29)20-21(31-14-15-8-6-5-7-9-15)22(28)27-19(26-20)13-16-12-17(30-4)10-11-18(16)25/h5-12H,13-14H2,1-4H3,(H,26,27,28). The van der Waals surface area contributed by atoms with Gasteiger partial charge in [0.25, 0.3) is 5.88 Å². The molecule has 0 radical (unpaired) electrons. The van der Waals surface area contributed by atoms with Gasteiger partial charge >= 0.3 is 5.97 Å². The molecule has 1 N–H and O–H groups in total. The molecule has 168 valence electrons. The van der Waals surface area contributed by atoms with E-state index in [2.05, 4.69) is 25.9 Å². The summed E-state index contributed by atoms with van der Waals surface area (Å²) in [5.74, 6) is -0.335. The summed E-state index contributed by atoms with van der Waals surface area (Å²) < 4.78 is 17.3. The lowest BCUT2D eigenvalue weighted by atomic mass is 10.1. The summed E-state index contributed by atoms with van der Waals surface area (Å²) in [6.07, 6.45) is 0.250. The Morgan fingerprint density at radius 3 is 2.47 bits per heavy atom. The molecule has 0 saturated carbocycles. The molecule has 3 aromatic rings. The Morgan fingerprint density at radius 2 is 1.81 bits per heavy atom. The van der Waals surface area contributed by atoms with Crippen molar-refractivity contribution in [2.24, 2.45) is 0 Å². The van der Waals surface area contributed by atoms with E-state index in [1.807, 2.05) is 48.5 Å². The van der Waals surface area contributed by atoms with Gasteiger partial charge in [0, 0.05) is 10.9 Å². The van der Waals surface area contributed by atoms with Gasteiger partial charge in [-0.15, -0.1) is 0 Å². The van der Waals surface area contributed by atoms with Crippen LogP contribution in [-0.2, 0) is 17.8 Å². The monoisotopic (exact) mass is 500 g/mol. The van der Waals surface area contributed by atoms with Crippen LogP contribution in [0.4, 0.5) is 0 Å². The third kappa shape index (κ3) is 6.20. The van der Waals surface area contributed by atoms with Gasteiger partial charge < -0.3 is 19.3 Å². The Bertz CT molecular complexity index is 1100. The lowest BCUT2D eigenvalue weighted by molar-refractivity contribution is 0.00566. The second-order valence-corrected chi connectivity index (χ2v) is 8.91. The van der Waals surface area contributed by atoms with E-state index < -0.39 is 17.5 Å². The van der Waals surface area contributed by atoms with Crippen molar-refractivity contribution in [1.82, 2.24) is 9.97 Å². The van der Waals surface area contributed by atoms with E-state index in [0.717, 1.165) is 15.6 Å². The van der Waals surface area contributed by atoms with Crippen LogP contribution in [0.1, 0.15) is 48.2 Å². The van der Waals surface area contributed by atoms with Gasteiger partial charge in [-0.2, -0.15) is 4.98 Å². The fraction of sp³-hybridized carbons (Fsp3) is 0.292. The van der Waals surface area contributed by atoms with E-state index in [1.54, 1.807) is 27.9 Å². The van der Waals surface area contributed by atoms with Crippen LogP contribution in [0.15, 0.2) is 53.0 Å². The molecular formula is C24H25BrN2O5. The van der Waals surface area contributed by atoms with E-state index in [1.165, 1.54) is 0 Å². The minimum absolute atomic E-state index is 0.114. The lowest BCUT2D eigenvalue weighted by Crippen LogP contribution is -2.25. The van der Waals surface area contributed by atoms with E-state index in [-0.39, 0.29) is 30.3 Å².